The highest BCUT2D eigenvalue weighted by Gasteiger charge is 2.28. The van der Waals surface area contributed by atoms with Gasteiger partial charge in [-0.2, -0.15) is 0 Å². The average Bonchev–Trinajstić information content (AvgIpc) is 2.43. The number of nitrogens with zero attached hydrogens (tertiary/aromatic N) is 1. The van der Waals surface area contributed by atoms with Crippen LogP contribution >= 0.6 is 0 Å². The van der Waals surface area contributed by atoms with Crippen molar-refractivity contribution in [1.29, 1.82) is 0 Å². The first-order chi connectivity index (χ1) is 9.47. The van der Waals surface area contributed by atoms with Gasteiger partial charge in [-0.15, -0.1) is 6.42 Å². The molecule has 0 radical (unpaired) electrons. The summed E-state index contributed by atoms with van der Waals surface area (Å²) in [6.07, 6.45) is 8.09. The molecule has 0 bridgehead atoms. The lowest BCUT2D eigenvalue weighted by molar-refractivity contribution is -0.138. The van der Waals surface area contributed by atoms with Crippen LogP contribution < -0.4 is 5.32 Å². The van der Waals surface area contributed by atoms with Crippen molar-refractivity contribution >= 4 is 12.0 Å². The fourth-order valence-corrected chi connectivity index (χ4v) is 2.60. The van der Waals surface area contributed by atoms with E-state index >= 15 is 0 Å². The summed E-state index contributed by atoms with van der Waals surface area (Å²) >= 11 is 0. The number of carbonyl (C=O) groups excluding carboxylic acids is 1. The summed E-state index contributed by atoms with van der Waals surface area (Å²) < 4.78 is 0. The molecule has 5 heteroatoms. The molecule has 1 saturated heterocycles. The number of carboxylic acids is 1. The number of nitrogens with one attached hydrogen (secondary N) is 1. The molecule has 3 atom stereocenters. The van der Waals surface area contributed by atoms with Gasteiger partial charge in [0.1, 0.15) is 0 Å². The van der Waals surface area contributed by atoms with Crippen LogP contribution in [-0.4, -0.2) is 41.1 Å². The number of carboxylic acid groups (broad SMARTS) is 1. The maximum Gasteiger partial charge on any atom is 0.318 e. The van der Waals surface area contributed by atoms with Crippen molar-refractivity contribution in [2.24, 2.45) is 11.8 Å². The molecular formula is C15H24N2O3. The van der Waals surface area contributed by atoms with Crippen molar-refractivity contribution in [3.05, 3.63) is 0 Å². The third kappa shape index (κ3) is 4.76. The molecule has 1 fully saturated rings. The van der Waals surface area contributed by atoms with Gasteiger partial charge in [-0.25, -0.2) is 4.79 Å². The second-order valence-electron chi connectivity index (χ2n) is 5.50. The molecule has 2 N–H and O–H groups in total. The molecule has 3 unspecified atom stereocenters. The Morgan fingerprint density at radius 1 is 1.55 bits per heavy atom. The largest absolute Gasteiger partial charge is 0.481 e. The molecule has 1 heterocycles. The molecule has 2 amide bonds. The highest BCUT2D eigenvalue weighted by atomic mass is 16.4. The van der Waals surface area contributed by atoms with Gasteiger partial charge in [0.2, 0.25) is 0 Å². The molecule has 20 heavy (non-hydrogen) atoms. The Labute approximate surface area is 120 Å². The van der Waals surface area contributed by atoms with E-state index < -0.39 is 5.97 Å². The number of hydrogen-bond donors (Lipinski definition) is 2. The Kier molecular flexibility index (Phi) is 6.37. The number of piperidine rings is 1. The number of carbonyl (C=O) groups is 2. The van der Waals surface area contributed by atoms with Crippen molar-refractivity contribution < 1.29 is 14.7 Å². The predicted octanol–water partition coefficient (Wildman–Crippen LogP) is 1.93. The zero-order valence-corrected chi connectivity index (χ0v) is 12.3. The number of urea groups is 1. The molecule has 5 nitrogen and oxygen atoms in total. The van der Waals surface area contributed by atoms with E-state index in [1.807, 2.05) is 13.8 Å². The van der Waals surface area contributed by atoms with E-state index in [1.165, 1.54) is 0 Å². The highest BCUT2D eigenvalue weighted by molar-refractivity contribution is 5.75. The fraction of sp³-hybridized carbons (Fsp3) is 0.733. The Balaban J connectivity index is 2.54. The lowest BCUT2D eigenvalue weighted by Gasteiger charge is -2.35. The van der Waals surface area contributed by atoms with Gasteiger partial charge < -0.3 is 15.3 Å². The minimum Gasteiger partial charge on any atom is -0.481 e. The molecule has 1 rings (SSSR count). The molecule has 1 aliphatic heterocycles. The quantitative estimate of drug-likeness (QED) is 0.756. The van der Waals surface area contributed by atoms with Gasteiger partial charge in [0.15, 0.2) is 0 Å². The summed E-state index contributed by atoms with van der Waals surface area (Å²) in [7, 11) is 0. The van der Waals surface area contributed by atoms with Gasteiger partial charge in [-0.05, 0) is 31.1 Å². The third-order valence-electron chi connectivity index (χ3n) is 3.95. The molecule has 0 aromatic carbocycles. The van der Waals surface area contributed by atoms with Crippen LogP contribution in [0.4, 0.5) is 4.79 Å². The molecule has 0 spiro atoms. The van der Waals surface area contributed by atoms with Crippen LogP contribution in [0.2, 0.25) is 0 Å². The summed E-state index contributed by atoms with van der Waals surface area (Å²) in [6.45, 7) is 5.19. The zero-order chi connectivity index (χ0) is 15.1. The van der Waals surface area contributed by atoms with Gasteiger partial charge in [-0.3, -0.25) is 4.79 Å². The minimum atomic E-state index is -0.780. The Bertz CT molecular complexity index is 389. The number of amides is 2. The first-order valence-corrected chi connectivity index (χ1v) is 7.21. The normalized spacial score (nSPS) is 21.6. The highest BCUT2D eigenvalue weighted by Crippen LogP contribution is 2.26. The monoisotopic (exact) mass is 280 g/mol. The van der Waals surface area contributed by atoms with E-state index in [2.05, 4.69) is 11.2 Å². The van der Waals surface area contributed by atoms with E-state index in [0.29, 0.717) is 19.5 Å². The van der Waals surface area contributed by atoms with E-state index in [-0.39, 0.29) is 30.3 Å². The van der Waals surface area contributed by atoms with Crippen molar-refractivity contribution in [3.8, 4) is 12.3 Å². The first-order valence-electron chi connectivity index (χ1n) is 7.21. The second-order valence-corrected chi connectivity index (χ2v) is 5.50. The number of aliphatic carboxylic acids is 1. The Morgan fingerprint density at radius 3 is 2.80 bits per heavy atom. The first kappa shape index (κ1) is 16.4. The Morgan fingerprint density at radius 2 is 2.25 bits per heavy atom. The molecule has 0 aromatic heterocycles. The van der Waals surface area contributed by atoms with E-state index in [0.717, 1.165) is 12.8 Å². The number of likely N-dealkylation sites (tertiary alicyclic amines) is 1. The second kappa shape index (κ2) is 7.78. The maximum absolute atomic E-state index is 12.1. The van der Waals surface area contributed by atoms with Crippen LogP contribution in [-0.2, 0) is 4.79 Å². The average molecular weight is 280 g/mol. The van der Waals surface area contributed by atoms with Crippen LogP contribution in [0, 0.1) is 24.2 Å². The number of terminal acetylenes is 1. The van der Waals surface area contributed by atoms with E-state index in [9.17, 15) is 9.59 Å². The Hall–Kier alpha value is -1.70. The SMILES string of the molecule is C#CC(CC)NC(=O)N1CCCC(C(C)CC(=O)O)C1. The summed E-state index contributed by atoms with van der Waals surface area (Å²) in [4.78, 5) is 24.7. The van der Waals surface area contributed by atoms with Gasteiger partial charge >= 0.3 is 12.0 Å². The maximum atomic E-state index is 12.1. The third-order valence-corrected chi connectivity index (χ3v) is 3.95. The van der Waals surface area contributed by atoms with Crippen molar-refractivity contribution in [2.45, 2.75) is 45.6 Å². The van der Waals surface area contributed by atoms with E-state index in [1.54, 1.807) is 4.90 Å². The molecule has 0 aromatic rings. The smallest absolute Gasteiger partial charge is 0.318 e. The lowest BCUT2D eigenvalue weighted by atomic mass is 9.85. The summed E-state index contributed by atoms with van der Waals surface area (Å²) in [5.41, 5.74) is 0. The molecule has 0 aliphatic carbocycles. The van der Waals surface area contributed by atoms with Gasteiger partial charge in [-0.1, -0.05) is 19.8 Å². The van der Waals surface area contributed by atoms with Crippen LogP contribution in [0.1, 0.15) is 39.5 Å². The number of hydrogen-bond acceptors (Lipinski definition) is 2. The molecule has 1 aliphatic rings. The topological polar surface area (TPSA) is 69.6 Å². The summed E-state index contributed by atoms with van der Waals surface area (Å²) in [6, 6.07) is -0.374. The van der Waals surface area contributed by atoms with Crippen molar-refractivity contribution in [3.63, 3.8) is 0 Å². The van der Waals surface area contributed by atoms with E-state index in [4.69, 9.17) is 11.5 Å². The number of rotatable bonds is 5. The van der Waals surface area contributed by atoms with Crippen LogP contribution in [0.5, 0.6) is 0 Å². The lowest BCUT2D eigenvalue weighted by Crippen LogP contribution is -2.49. The summed E-state index contributed by atoms with van der Waals surface area (Å²) in [5, 5.41) is 11.7. The van der Waals surface area contributed by atoms with Gasteiger partial charge in [0.25, 0.3) is 0 Å². The zero-order valence-electron chi connectivity index (χ0n) is 12.3. The predicted molar refractivity (Wildman–Crippen MR) is 77.2 cm³/mol. The minimum absolute atomic E-state index is 0.0812. The standard InChI is InChI=1S/C15H24N2O3/c1-4-13(5-2)16-15(20)17-8-6-7-12(10-17)11(3)9-14(18)19/h1,11-13H,5-10H2,2-3H3,(H,16,20)(H,18,19). The van der Waals surface area contributed by atoms with Crippen LogP contribution in [0.3, 0.4) is 0 Å². The fourth-order valence-electron chi connectivity index (χ4n) is 2.60. The molecular weight excluding hydrogens is 256 g/mol. The van der Waals surface area contributed by atoms with Gasteiger partial charge in [0.05, 0.1) is 6.04 Å². The van der Waals surface area contributed by atoms with Crippen molar-refractivity contribution in [1.82, 2.24) is 10.2 Å². The molecule has 112 valence electrons. The van der Waals surface area contributed by atoms with Crippen molar-refractivity contribution in [2.75, 3.05) is 13.1 Å². The van der Waals surface area contributed by atoms with Crippen LogP contribution in [0.15, 0.2) is 0 Å². The van der Waals surface area contributed by atoms with Gasteiger partial charge in [0, 0.05) is 19.5 Å². The summed E-state index contributed by atoms with van der Waals surface area (Å²) in [5.74, 6) is 2.09. The van der Waals surface area contributed by atoms with Crippen LogP contribution in [0.25, 0.3) is 0 Å². The molecule has 0 saturated carbocycles.